The van der Waals surface area contributed by atoms with E-state index in [0.717, 1.165) is 62.5 Å². The van der Waals surface area contributed by atoms with Gasteiger partial charge in [0.2, 0.25) is 23.6 Å². The highest BCUT2D eigenvalue weighted by atomic mass is 16.2. The smallest absolute Gasteiger partial charge is 0.243 e. The minimum absolute atomic E-state index is 0.156. The Hall–Kier alpha value is -5.48. The largest absolute Gasteiger partial charge is 0.368 e. The minimum Gasteiger partial charge on any atom is -0.368 e. The lowest BCUT2D eigenvalue weighted by Gasteiger charge is -2.35. The van der Waals surface area contributed by atoms with Crippen molar-refractivity contribution in [3.63, 3.8) is 0 Å². The molecule has 5 aromatic rings. The van der Waals surface area contributed by atoms with Crippen LogP contribution in [0.5, 0.6) is 0 Å². The average molecular weight is 690 g/mol. The van der Waals surface area contributed by atoms with Gasteiger partial charge in [0.05, 0.1) is 19.6 Å². The van der Waals surface area contributed by atoms with Crippen LogP contribution in [0.2, 0.25) is 0 Å². The predicted octanol–water partition coefficient (Wildman–Crippen LogP) is 4.68. The van der Waals surface area contributed by atoms with Gasteiger partial charge in [-0.2, -0.15) is 0 Å². The molecular formula is C41H49N6O4+. The van der Waals surface area contributed by atoms with E-state index in [1.165, 1.54) is 12.6 Å². The molecule has 0 aliphatic heterocycles. The van der Waals surface area contributed by atoms with Gasteiger partial charge < -0.3 is 26.7 Å². The van der Waals surface area contributed by atoms with Crippen LogP contribution in [0.15, 0.2) is 97.2 Å². The topological polar surface area (TPSA) is 146 Å². The summed E-state index contributed by atoms with van der Waals surface area (Å²) in [5, 5.41) is 11.5. The zero-order chi connectivity index (χ0) is 36.5. The first-order valence-corrected chi connectivity index (χ1v) is 17.7. The fraction of sp³-hybridized carbons (Fsp3) is 0.317. The van der Waals surface area contributed by atoms with Gasteiger partial charge in [0.25, 0.3) is 0 Å². The van der Waals surface area contributed by atoms with Crippen LogP contribution in [0.3, 0.4) is 0 Å². The van der Waals surface area contributed by atoms with Crippen molar-refractivity contribution in [1.82, 2.24) is 25.4 Å². The Morgan fingerprint density at radius 2 is 1.24 bits per heavy atom. The zero-order valence-corrected chi connectivity index (χ0v) is 29.9. The normalized spacial score (nSPS) is 13.3. The third-order valence-corrected chi connectivity index (χ3v) is 10.1. The van der Waals surface area contributed by atoms with Crippen molar-refractivity contribution in [3.8, 4) is 0 Å². The summed E-state index contributed by atoms with van der Waals surface area (Å²) in [7, 11) is 0. The first-order chi connectivity index (χ1) is 24.5. The molecule has 0 saturated carbocycles. The molecule has 0 aliphatic rings. The number of primary amides is 1. The molecule has 5 rings (SSSR count). The van der Waals surface area contributed by atoms with Gasteiger partial charge in [0, 0.05) is 43.3 Å². The molecular weight excluding hydrogens is 640 g/mol. The van der Waals surface area contributed by atoms with Gasteiger partial charge in [-0.05, 0) is 66.4 Å². The Morgan fingerprint density at radius 1 is 0.667 bits per heavy atom. The maximum atomic E-state index is 14.1. The number of H-pyrrole nitrogens is 1. The van der Waals surface area contributed by atoms with Crippen LogP contribution in [0.25, 0.3) is 21.7 Å². The number of hydrogen-bond donors (Lipinski definition) is 5. The number of carbonyl (C=O) groups is 4. The predicted molar refractivity (Wildman–Crippen MR) is 204 cm³/mol. The summed E-state index contributed by atoms with van der Waals surface area (Å²) in [5.41, 5.74) is 10.4. The number of amides is 4. The van der Waals surface area contributed by atoms with E-state index in [0.29, 0.717) is 0 Å². The van der Waals surface area contributed by atoms with E-state index in [2.05, 4.69) is 53.8 Å². The van der Waals surface area contributed by atoms with Crippen LogP contribution in [-0.4, -0.2) is 66.4 Å². The molecule has 0 radical (unpaired) electrons. The van der Waals surface area contributed by atoms with E-state index in [1.54, 1.807) is 6.20 Å². The van der Waals surface area contributed by atoms with Gasteiger partial charge in [-0.3, -0.25) is 23.7 Å². The molecule has 266 valence electrons. The summed E-state index contributed by atoms with van der Waals surface area (Å²) in [6.07, 6.45) is 2.35. The van der Waals surface area contributed by atoms with Gasteiger partial charge in [-0.1, -0.05) is 72.8 Å². The molecule has 0 spiro atoms. The van der Waals surface area contributed by atoms with Crippen LogP contribution in [-0.2, 0) is 38.4 Å². The van der Waals surface area contributed by atoms with Gasteiger partial charge in [0.1, 0.15) is 23.8 Å². The van der Waals surface area contributed by atoms with E-state index in [1.807, 2.05) is 78.9 Å². The number of aromatic amines is 1. The SMILES string of the molecule is CC[N+](CC)(CC)c1ccc(C[C@H](NC(=O)[C@H](Cc2ccc3ccccc3c2)NC(C)=O)C(=O)N[C@@H](Cc2c[nH]c3ccccc23)C(N)=O)cc1. The second-order valence-corrected chi connectivity index (χ2v) is 13.2. The summed E-state index contributed by atoms with van der Waals surface area (Å²) in [6, 6.07) is 26.6. The fourth-order valence-electron chi connectivity index (χ4n) is 6.96. The number of rotatable bonds is 16. The second-order valence-electron chi connectivity index (χ2n) is 13.2. The number of nitrogens with zero attached hydrogens (tertiary/aromatic N) is 1. The highest BCUT2D eigenvalue weighted by Crippen LogP contribution is 2.24. The maximum Gasteiger partial charge on any atom is 0.243 e. The number of para-hydroxylation sites is 1. The molecule has 10 nitrogen and oxygen atoms in total. The van der Waals surface area contributed by atoms with Gasteiger partial charge in [0.15, 0.2) is 0 Å². The molecule has 4 aromatic carbocycles. The van der Waals surface area contributed by atoms with Crippen molar-refractivity contribution in [2.45, 2.75) is 65.1 Å². The molecule has 51 heavy (non-hydrogen) atoms. The first-order valence-electron chi connectivity index (χ1n) is 17.7. The van der Waals surface area contributed by atoms with E-state index in [9.17, 15) is 19.2 Å². The Balaban J connectivity index is 1.41. The van der Waals surface area contributed by atoms with Gasteiger partial charge in [-0.15, -0.1) is 0 Å². The number of benzene rings is 4. The lowest BCUT2D eigenvalue weighted by atomic mass is 9.99. The molecule has 3 atom stereocenters. The number of nitrogens with two attached hydrogens (primary N) is 1. The third kappa shape index (κ3) is 8.82. The lowest BCUT2D eigenvalue weighted by molar-refractivity contribution is -0.133. The molecule has 0 saturated heterocycles. The number of aromatic nitrogens is 1. The molecule has 4 amide bonds. The molecule has 0 fully saturated rings. The van der Waals surface area contributed by atoms with E-state index < -0.39 is 35.8 Å². The second kappa shape index (κ2) is 16.5. The zero-order valence-electron chi connectivity index (χ0n) is 29.9. The molecule has 1 aromatic heterocycles. The van der Waals surface area contributed by atoms with Crippen molar-refractivity contribution >= 4 is 51.0 Å². The van der Waals surface area contributed by atoms with Crippen LogP contribution in [0.1, 0.15) is 44.4 Å². The monoisotopic (exact) mass is 689 g/mol. The number of quaternary nitrogens is 1. The Labute approximate surface area is 299 Å². The number of fused-ring (bicyclic) bond motifs is 2. The van der Waals surface area contributed by atoms with Crippen LogP contribution in [0, 0.1) is 0 Å². The molecule has 0 aliphatic carbocycles. The molecule has 0 bridgehead atoms. The van der Waals surface area contributed by atoms with Crippen molar-refractivity contribution in [2.24, 2.45) is 5.73 Å². The summed E-state index contributed by atoms with van der Waals surface area (Å²) in [4.78, 5) is 56.2. The Morgan fingerprint density at radius 3 is 1.88 bits per heavy atom. The van der Waals surface area contributed by atoms with Gasteiger partial charge >= 0.3 is 0 Å². The third-order valence-electron chi connectivity index (χ3n) is 10.1. The summed E-state index contributed by atoms with van der Waals surface area (Å²) >= 11 is 0. The minimum atomic E-state index is -1.07. The fourth-order valence-corrected chi connectivity index (χ4v) is 6.96. The standard InChI is InChI=1S/C41H48N6O4/c1-5-47(6-2,7-3)33-20-17-28(18-21-33)23-38(41(51)45-36(39(42)49)25-32-26-43-35-15-11-10-14-34(32)35)46-40(50)37(44-27(4)48)24-29-16-19-30-12-8-9-13-31(30)22-29/h8-22,26,36-38,43H,5-7,23-25H2,1-4H3,(H4-,42,44,45,46,48,49,50,51)/p+1/t36-,37-,38-/m0/s1. The average Bonchev–Trinajstić information content (AvgIpc) is 3.54. The van der Waals surface area contributed by atoms with Crippen LogP contribution >= 0.6 is 0 Å². The van der Waals surface area contributed by atoms with Gasteiger partial charge in [-0.25, -0.2) is 0 Å². The Kier molecular flexibility index (Phi) is 11.9. The summed E-state index contributed by atoms with van der Waals surface area (Å²) in [5.74, 6) is -2.13. The number of hydrogen-bond acceptors (Lipinski definition) is 4. The van der Waals surface area contributed by atoms with E-state index >= 15 is 0 Å². The molecule has 1 heterocycles. The van der Waals surface area contributed by atoms with E-state index in [-0.39, 0.29) is 25.2 Å². The van der Waals surface area contributed by atoms with Crippen molar-refractivity contribution in [2.75, 3.05) is 19.6 Å². The number of carbonyl (C=O) groups excluding carboxylic acids is 4. The van der Waals surface area contributed by atoms with E-state index in [4.69, 9.17) is 5.73 Å². The Bertz CT molecular complexity index is 1990. The van der Waals surface area contributed by atoms with Crippen molar-refractivity contribution in [3.05, 3.63) is 114 Å². The highest BCUT2D eigenvalue weighted by molar-refractivity contribution is 5.95. The molecule has 6 N–H and O–H groups in total. The van der Waals surface area contributed by atoms with Crippen LogP contribution in [0.4, 0.5) is 5.69 Å². The highest BCUT2D eigenvalue weighted by Gasteiger charge is 2.30. The first kappa shape index (κ1) is 36.8. The molecule has 0 unspecified atom stereocenters. The summed E-state index contributed by atoms with van der Waals surface area (Å²) < 4.78 is 0.822. The maximum absolute atomic E-state index is 14.1. The van der Waals surface area contributed by atoms with Crippen molar-refractivity contribution in [1.29, 1.82) is 0 Å². The van der Waals surface area contributed by atoms with Crippen molar-refractivity contribution < 1.29 is 19.2 Å². The van der Waals surface area contributed by atoms with Crippen LogP contribution < -0.4 is 26.2 Å². The summed E-state index contributed by atoms with van der Waals surface area (Å²) in [6.45, 7) is 10.7. The lowest BCUT2D eigenvalue weighted by Crippen LogP contribution is -2.57. The quantitative estimate of drug-likeness (QED) is 0.0959. The number of nitrogens with one attached hydrogen (secondary N) is 4. The molecule has 10 heteroatoms.